The highest BCUT2D eigenvalue weighted by molar-refractivity contribution is 7.47. The average molecular weight is 1480 g/mol. The van der Waals surface area contributed by atoms with Crippen molar-refractivity contribution < 1.29 is 80.2 Å². The number of phosphoric acid groups is 2. The van der Waals surface area contributed by atoms with Crippen LogP contribution in [0.5, 0.6) is 0 Å². The Morgan fingerprint density at radius 1 is 0.267 bits per heavy atom. The van der Waals surface area contributed by atoms with Gasteiger partial charge in [-0.2, -0.15) is 0 Å². The molecule has 0 aliphatic heterocycles. The number of carbonyl (C=O) groups is 4. The first-order chi connectivity index (χ1) is 48.7. The van der Waals surface area contributed by atoms with Crippen molar-refractivity contribution in [3.63, 3.8) is 0 Å². The minimum Gasteiger partial charge on any atom is -0.462 e. The van der Waals surface area contributed by atoms with Crippen molar-refractivity contribution in [1.82, 2.24) is 0 Å². The van der Waals surface area contributed by atoms with Crippen LogP contribution in [0.4, 0.5) is 0 Å². The smallest absolute Gasteiger partial charge is 0.462 e. The first-order valence-electron chi connectivity index (χ1n) is 42.3. The van der Waals surface area contributed by atoms with Crippen molar-refractivity contribution in [2.24, 2.45) is 17.8 Å². The molecule has 0 aliphatic rings. The number of hydrogen-bond acceptors (Lipinski definition) is 15. The molecule has 17 nitrogen and oxygen atoms in total. The maximum absolute atomic E-state index is 13.1. The summed E-state index contributed by atoms with van der Waals surface area (Å²) in [7, 11) is -9.92. The summed E-state index contributed by atoms with van der Waals surface area (Å²) < 4.78 is 68.7. The molecule has 0 saturated carbocycles. The van der Waals surface area contributed by atoms with Gasteiger partial charge in [0.05, 0.1) is 26.4 Å². The van der Waals surface area contributed by atoms with Gasteiger partial charge in [0.25, 0.3) is 0 Å². The molecular formula is C82H160O17P2. The van der Waals surface area contributed by atoms with E-state index in [-0.39, 0.29) is 25.7 Å². The molecule has 0 aliphatic carbocycles. The van der Waals surface area contributed by atoms with E-state index in [1.165, 1.54) is 231 Å². The number of rotatable bonds is 80. The molecule has 0 fully saturated rings. The fourth-order valence-corrected chi connectivity index (χ4v) is 14.2. The molecule has 0 heterocycles. The monoisotopic (exact) mass is 1480 g/mol. The standard InChI is InChI=1S/C82H160O17P2/c1-8-9-10-11-12-13-14-15-16-17-18-19-20-21-26-29-32-37-42-51-58-65-81(86)98-77(69-92-79(84)63-56-49-41-36-31-28-25-23-22-24-27-30-34-39-46-53-60-73(2)3)71-96-100(88,89)94-67-76(83)68-95-101(90,91)97-72-78(70-93-80(85)64-57-50-45-44-48-55-62-75(6)7)99-82(87)66-59-52-43-38-33-35-40-47-54-61-74(4)5/h73-78,83H,8-72H2,1-7H3,(H,88,89)(H,90,91)/t76-,77-,78-/m1/s1. The van der Waals surface area contributed by atoms with Gasteiger partial charge in [0.15, 0.2) is 12.2 Å². The van der Waals surface area contributed by atoms with Gasteiger partial charge >= 0.3 is 39.5 Å². The third-order valence-corrected chi connectivity index (χ3v) is 21.0. The van der Waals surface area contributed by atoms with Gasteiger partial charge in [-0.1, -0.05) is 376 Å². The van der Waals surface area contributed by atoms with Crippen LogP contribution in [-0.4, -0.2) is 96.7 Å². The van der Waals surface area contributed by atoms with Gasteiger partial charge < -0.3 is 33.8 Å². The van der Waals surface area contributed by atoms with Crippen molar-refractivity contribution in [3.05, 3.63) is 0 Å². The molecule has 3 N–H and O–H groups in total. The molecule has 0 aromatic rings. The number of carbonyl (C=O) groups excluding carboxylic acids is 4. The van der Waals surface area contributed by atoms with E-state index in [4.69, 9.17) is 37.0 Å². The van der Waals surface area contributed by atoms with Crippen LogP contribution >= 0.6 is 15.6 Å². The van der Waals surface area contributed by atoms with Crippen LogP contribution < -0.4 is 0 Å². The van der Waals surface area contributed by atoms with E-state index < -0.39 is 97.5 Å². The van der Waals surface area contributed by atoms with E-state index in [1.807, 2.05) is 0 Å². The van der Waals surface area contributed by atoms with E-state index in [1.54, 1.807) is 0 Å². The fraction of sp³-hybridized carbons (Fsp3) is 0.951. The van der Waals surface area contributed by atoms with E-state index in [9.17, 15) is 43.2 Å². The van der Waals surface area contributed by atoms with E-state index in [0.29, 0.717) is 31.6 Å². The molecule has 19 heteroatoms. The highest BCUT2D eigenvalue weighted by Crippen LogP contribution is 2.45. The molecule has 0 amide bonds. The first-order valence-corrected chi connectivity index (χ1v) is 45.3. The predicted octanol–water partition coefficient (Wildman–Crippen LogP) is 24.5. The lowest BCUT2D eigenvalue weighted by atomic mass is 10.0. The lowest BCUT2D eigenvalue weighted by molar-refractivity contribution is -0.161. The molecule has 0 radical (unpaired) electrons. The zero-order valence-corrected chi connectivity index (χ0v) is 68.2. The number of aliphatic hydroxyl groups is 1. The molecule has 5 atom stereocenters. The van der Waals surface area contributed by atoms with Gasteiger partial charge in [0, 0.05) is 25.7 Å². The van der Waals surface area contributed by atoms with E-state index in [0.717, 1.165) is 108 Å². The second-order valence-electron chi connectivity index (χ2n) is 30.9. The number of ether oxygens (including phenoxy) is 4. The third-order valence-electron chi connectivity index (χ3n) is 19.1. The molecule has 0 bridgehead atoms. The Balaban J connectivity index is 5.20. The number of hydrogen-bond donors (Lipinski definition) is 3. The van der Waals surface area contributed by atoms with Crippen LogP contribution in [0.3, 0.4) is 0 Å². The topological polar surface area (TPSA) is 237 Å². The van der Waals surface area contributed by atoms with E-state index >= 15 is 0 Å². The zero-order chi connectivity index (χ0) is 74.4. The maximum atomic E-state index is 13.1. The number of phosphoric ester groups is 2. The lowest BCUT2D eigenvalue weighted by Gasteiger charge is -2.21. The maximum Gasteiger partial charge on any atom is 0.472 e. The number of esters is 4. The molecule has 2 unspecified atom stereocenters. The Labute approximate surface area is 619 Å². The highest BCUT2D eigenvalue weighted by atomic mass is 31.2. The summed E-state index contributed by atoms with van der Waals surface area (Å²) in [6.07, 6.45) is 61.5. The van der Waals surface area contributed by atoms with Crippen LogP contribution in [0, 0.1) is 17.8 Å². The van der Waals surface area contributed by atoms with Crippen molar-refractivity contribution >= 4 is 39.5 Å². The normalized spacial score (nSPS) is 14.0. The van der Waals surface area contributed by atoms with Crippen LogP contribution in [-0.2, 0) is 65.4 Å². The Hall–Kier alpha value is -1.94. The van der Waals surface area contributed by atoms with Crippen molar-refractivity contribution in [1.29, 1.82) is 0 Å². The molecule has 0 saturated heterocycles. The second-order valence-corrected chi connectivity index (χ2v) is 33.8. The molecule has 600 valence electrons. The van der Waals surface area contributed by atoms with Gasteiger partial charge in [-0.25, -0.2) is 9.13 Å². The third kappa shape index (κ3) is 76.1. The predicted molar refractivity (Wildman–Crippen MR) is 414 cm³/mol. The lowest BCUT2D eigenvalue weighted by Crippen LogP contribution is -2.30. The van der Waals surface area contributed by atoms with Crippen LogP contribution in [0.15, 0.2) is 0 Å². The molecular weight excluding hydrogens is 1320 g/mol. The molecule has 0 aromatic carbocycles. The quantitative estimate of drug-likeness (QED) is 0.0222. The van der Waals surface area contributed by atoms with Gasteiger partial charge in [0.2, 0.25) is 0 Å². The molecule has 101 heavy (non-hydrogen) atoms. The van der Waals surface area contributed by atoms with Crippen LogP contribution in [0.1, 0.15) is 427 Å². The Bertz CT molecular complexity index is 1960. The second kappa shape index (κ2) is 72.3. The fourth-order valence-electron chi connectivity index (χ4n) is 12.7. The Morgan fingerprint density at radius 2 is 0.455 bits per heavy atom. The van der Waals surface area contributed by atoms with Gasteiger partial charge in [-0.15, -0.1) is 0 Å². The van der Waals surface area contributed by atoms with Crippen LogP contribution in [0.25, 0.3) is 0 Å². The van der Waals surface area contributed by atoms with Gasteiger partial charge in [-0.05, 0) is 43.4 Å². The summed E-state index contributed by atoms with van der Waals surface area (Å²) in [5.41, 5.74) is 0. The van der Waals surface area contributed by atoms with E-state index in [2.05, 4.69) is 48.5 Å². The molecule has 0 spiro atoms. The van der Waals surface area contributed by atoms with Crippen molar-refractivity contribution in [3.8, 4) is 0 Å². The van der Waals surface area contributed by atoms with Crippen molar-refractivity contribution in [2.75, 3.05) is 39.6 Å². The summed E-state index contributed by atoms with van der Waals surface area (Å²) in [5.74, 6) is 0.114. The zero-order valence-electron chi connectivity index (χ0n) is 66.4. The summed E-state index contributed by atoms with van der Waals surface area (Å²) in [6.45, 7) is 11.9. The minimum atomic E-state index is -4.96. The SMILES string of the molecule is CCCCCCCCCCCCCCCCCCCCCCCC(=O)O[C@H](COC(=O)CCCCCCCCCCCCCCCCCCC(C)C)COP(=O)(O)OC[C@@H](O)COP(=O)(O)OC[C@@H](COC(=O)CCCCCCCCC(C)C)OC(=O)CCCCCCCCCCCC(C)C. The largest absolute Gasteiger partial charge is 0.472 e. The summed E-state index contributed by atoms with van der Waals surface area (Å²) >= 11 is 0. The minimum absolute atomic E-state index is 0.104. The number of aliphatic hydroxyl groups excluding tert-OH is 1. The number of unbranched alkanes of at least 4 members (excludes halogenated alkanes) is 48. The summed E-state index contributed by atoms with van der Waals surface area (Å²) in [6, 6.07) is 0. The summed E-state index contributed by atoms with van der Waals surface area (Å²) in [4.78, 5) is 73.0. The summed E-state index contributed by atoms with van der Waals surface area (Å²) in [5, 5.41) is 10.6. The van der Waals surface area contributed by atoms with Crippen molar-refractivity contribution in [2.45, 2.75) is 446 Å². The molecule has 0 aromatic heterocycles. The average Bonchev–Trinajstić information content (AvgIpc) is 1.52. The van der Waals surface area contributed by atoms with Gasteiger partial charge in [0.1, 0.15) is 19.3 Å². The highest BCUT2D eigenvalue weighted by Gasteiger charge is 2.30. The molecule has 0 rings (SSSR count). The Kier molecular flexibility index (Phi) is 70.9. The van der Waals surface area contributed by atoms with Crippen LogP contribution in [0.2, 0.25) is 0 Å². The van der Waals surface area contributed by atoms with Gasteiger partial charge in [-0.3, -0.25) is 37.3 Å². The first kappa shape index (κ1) is 99.1. The Morgan fingerprint density at radius 3 is 0.673 bits per heavy atom.